The molecular formula is C35H35N5O4S2. The van der Waals surface area contributed by atoms with Crippen LogP contribution in [0.1, 0.15) is 53.7 Å². The summed E-state index contributed by atoms with van der Waals surface area (Å²) in [4.78, 5) is 30.9. The monoisotopic (exact) mass is 653 g/mol. The van der Waals surface area contributed by atoms with Crippen molar-refractivity contribution in [2.24, 2.45) is 0 Å². The van der Waals surface area contributed by atoms with Crippen molar-refractivity contribution < 1.29 is 18.0 Å². The van der Waals surface area contributed by atoms with Gasteiger partial charge in [-0.25, -0.2) is 13.1 Å². The predicted molar refractivity (Wildman–Crippen MR) is 179 cm³/mol. The van der Waals surface area contributed by atoms with Crippen LogP contribution < -0.4 is 5.32 Å². The molecule has 0 aliphatic carbocycles. The van der Waals surface area contributed by atoms with Gasteiger partial charge in [-0.2, -0.15) is 9.40 Å². The topological polar surface area (TPSA) is 105 Å². The van der Waals surface area contributed by atoms with Gasteiger partial charge in [-0.15, -0.1) is 11.3 Å². The number of sulfonamides is 1. The zero-order chi connectivity index (χ0) is 32.4. The molecule has 0 fully saturated rings. The molecule has 6 rings (SSSR count). The molecular weight excluding hydrogens is 619 g/mol. The maximum absolute atomic E-state index is 13.9. The van der Waals surface area contributed by atoms with Crippen LogP contribution in [0.25, 0.3) is 0 Å². The molecule has 236 valence electrons. The molecule has 1 aliphatic heterocycles. The lowest BCUT2D eigenvalue weighted by molar-refractivity contribution is 0.0942. The Morgan fingerprint density at radius 3 is 2.22 bits per heavy atom. The second-order valence-corrected chi connectivity index (χ2v) is 14.7. The van der Waals surface area contributed by atoms with Crippen LogP contribution in [0.3, 0.4) is 0 Å². The molecule has 0 unspecified atom stereocenters. The molecule has 0 radical (unpaired) electrons. The minimum absolute atomic E-state index is 0.0907. The third kappa shape index (κ3) is 6.59. The second kappa shape index (κ2) is 13.1. The average molecular weight is 654 g/mol. The molecule has 0 saturated carbocycles. The third-order valence-corrected chi connectivity index (χ3v) is 11.1. The summed E-state index contributed by atoms with van der Waals surface area (Å²) in [7, 11) is -2.24. The van der Waals surface area contributed by atoms with Gasteiger partial charge in [0.2, 0.25) is 10.0 Å². The normalized spacial score (nSPS) is 13.5. The van der Waals surface area contributed by atoms with Crippen molar-refractivity contribution in [2.75, 3.05) is 18.9 Å². The molecule has 1 amide bonds. The number of aromatic nitrogens is 2. The molecule has 1 N–H and O–H groups in total. The fraction of sp³-hybridized carbons (Fsp3) is 0.229. The zero-order valence-electron chi connectivity index (χ0n) is 25.9. The number of nitrogens with zero attached hydrogens (tertiary/aromatic N) is 4. The number of hydrogen-bond donors (Lipinski definition) is 1. The number of carbonyl (C=O) groups is 2. The predicted octanol–water partition coefficient (Wildman–Crippen LogP) is 5.88. The van der Waals surface area contributed by atoms with E-state index in [0.717, 1.165) is 40.5 Å². The summed E-state index contributed by atoms with van der Waals surface area (Å²) in [6.07, 6.45) is 0.665. The Labute approximate surface area is 273 Å². The first-order valence-electron chi connectivity index (χ1n) is 15.0. The number of thiophene rings is 1. The molecule has 0 bridgehead atoms. The number of anilines is 1. The van der Waals surface area contributed by atoms with Gasteiger partial charge in [-0.3, -0.25) is 14.5 Å². The first-order chi connectivity index (χ1) is 22.1. The summed E-state index contributed by atoms with van der Waals surface area (Å²) < 4.78 is 29.1. The van der Waals surface area contributed by atoms with E-state index < -0.39 is 15.9 Å². The number of benzene rings is 3. The van der Waals surface area contributed by atoms with Gasteiger partial charge in [0.15, 0.2) is 0 Å². The van der Waals surface area contributed by atoms with E-state index in [4.69, 9.17) is 0 Å². The highest BCUT2D eigenvalue weighted by Crippen LogP contribution is 2.38. The van der Waals surface area contributed by atoms with E-state index in [0.29, 0.717) is 23.5 Å². The molecule has 5 aromatic rings. The minimum atomic E-state index is -3.77. The number of nitrogens with one attached hydrogen (secondary N) is 1. The lowest BCUT2D eigenvalue weighted by atomic mass is 10.0. The quantitative estimate of drug-likeness (QED) is 0.213. The van der Waals surface area contributed by atoms with Crippen LogP contribution in [0.5, 0.6) is 0 Å². The van der Waals surface area contributed by atoms with Crippen molar-refractivity contribution in [3.63, 3.8) is 0 Å². The largest absolute Gasteiger partial charge is 0.313 e. The van der Waals surface area contributed by atoms with Crippen molar-refractivity contribution in [1.82, 2.24) is 19.0 Å². The summed E-state index contributed by atoms with van der Waals surface area (Å²) in [5, 5.41) is 7.87. The van der Waals surface area contributed by atoms with Crippen LogP contribution in [0, 0.1) is 13.8 Å². The molecule has 0 saturated heterocycles. The zero-order valence-corrected chi connectivity index (χ0v) is 27.6. The Hall–Kier alpha value is -4.42. The van der Waals surface area contributed by atoms with Crippen LogP contribution in [0.4, 0.5) is 5.00 Å². The lowest BCUT2D eigenvalue weighted by Crippen LogP contribution is -2.30. The maximum Gasteiger partial charge on any atom is 0.281 e. The molecule has 11 heteroatoms. The summed E-state index contributed by atoms with van der Waals surface area (Å²) in [5.41, 5.74) is 5.22. The number of rotatable bonds is 9. The van der Waals surface area contributed by atoms with Crippen molar-refractivity contribution in [3.8, 4) is 0 Å². The van der Waals surface area contributed by atoms with Gasteiger partial charge in [-0.05, 0) is 67.3 Å². The molecule has 46 heavy (non-hydrogen) atoms. The van der Waals surface area contributed by atoms with Gasteiger partial charge in [0, 0.05) is 49.4 Å². The number of hydrogen-bond acceptors (Lipinski definition) is 7. The fourth-order valence-electron chi connectivity index (χ4n) is 5.75. The van der Waals surface area contributed by atoms with Gasteiger partial charge < -0.3 is 5.32 Å². The second-order valence-electron chi connectivity index (χ2n) is 11.5. The Morgan fingerprint density at radius 1 is 0.935 bits per heavy atom. The van der Waals surface area contributed by atoms with Crippen LogP contribution in [-0.4, -0.2) is 52.8 Å². The van der Waals surface area contributed by atoms with Crippen LogP contribution in [0.2, 0.25) is 0 Å². The van der Waals surface area contributed by atoms with E-state index in [9.17, 15) is 18.0 Å². The Balaban J connectivity index is 1.25. The maximum atomic E-state index is 13.9. The molecule has 9 nitrogen and oxygen atoms in total. The molecule has 3 heterocycles. The van der Waals surface area contributed by atoms with Gasteiger partial charge in [0.25, 0.3) is 11.8 Å². The number of carbonyl (C=O) groups excluding carboxylic acids is 2. The van der Waals surface area contributed by atoms with E-state index in [1.54, 1.807) is 0 Å². The SMILES string of the molecule is Cc1cc(C)n(C(=O)c2c(NC(=O)c3ccc(S(=O)(=O)N(C)Cc4ccccc4)cc3)sc3c2CCN(Cc2ccccc2)C3)n1. The highest BCUT2D eigenvalue weighted by molar-refractivity contribution is 7.89. The van der Waals surface area contributed by atoms with E-state index in [2.05, 4.69) is 27.4 Å². The van der Waals surface area contributed by atoms with Crippen molar-refractivity contribution in [3.05, 3.63) is 135 Å². The van der Waals surface area contributed by atoms with Crippen molar-refractivity contribution in [2.45, 2.75) is 44.8 Å². The van der Waals surface area contributed by atoms with Gasteiger partial charge >= 0.3 is 0 Å². The van der Waals surface area contributed by atoms with Crippen LogP contribution >= 0.6 is 11.3 Å². The van der Waals surface area contributed by atoms with Crippen molar-refractivity contribution in [1.29, 1.82) is 0 Å². The molecule has 2 aromatic heterocycles. The van der Waals surface area contributed by atoms with E-state index in [-0.39, 0.29) is 22.9 Å². The van der Waals surface area contributed by atoms with Gasteiger partial charge in [0.05, 0.1) is 16.2 Å². The first-order valence-corrected chi connectivity index (χ1v) is 17.3. The number of aryl methyl sites for hydroxylation is 2. The number of amides is 1. The Morgan fingerprint density at radius 2 is 1.59 bits per heavy atom. The molecule has 0 spiro atoms. The highest BCUT2D eigenvalue weighted by Gasteiger charge is 2.31. The third-order valence-electron chi connectivity index (χ3n) is 8.10. The lowest BCUT2D eigenvalue weighted by Gasteiger charge is -2.27. The Bertz CT molecular complexity index is 1990. The summed E-state index contributed by atoms with van der Waals surface area (Å²) in [6.45, 7) is 6.12. The summed E-state index contributed by atoms with van der Waals surface area (Å²) >= 11 is 1.41. The molecule has 0 atom stereocenters. The minimum Gasteiger partial charge on any atom is -0.313 e. The fourth-order valence-corrected chi connectivity index (χ4v) is 8.18. The summed E-state index contributed by atoms with van der Waals surface area (Å²) in [6, 6.07) is 27.3. The highest BCUT2D eigenvalue weighted by atomic mass is 32.2. The molecule has 1 aliphatic rings. The summed E-state index contributed by atoms with van der Waals surface area (Å²) in [5.74, 6) is -0.707. The van der Waals surface area contributed by atoms with Crippen molar-refractivity contribution >= 4 is 38.2 Å². The standard InChI is InChI=1S/C35H35N5O4S2/c1-24-20-25(2)40(37-24)35(42)32-30-18-19-39(22-27-12-8-5-9-13-27)23-31(30)45-34(32)36-33(41)28-14-16-29(17-15-28)46(43,44)38(3)21-26-10-6-4-7-11-26/h4-17,20H,18-19,21-23H2,1-3H3,(H,36,41). The van der Waals surface area contributed by atoms with E-state index >= 15 is 0 Å². The number of fused-ring (bicyclic) bond motifs is 1. The first kappa shape index (κ1) is 31.6. The van der Waals surface area contributed by atoms with Gasteiger partial charge in [-0.1, -0.05) is 60.7 Å². The van der Waals surface area contributed by atoms with Crippen LogP contribution in [0.15, 0.2) is 95.9 Å². The Kier molecular flexibility index (Phi) is 9.01. The molecule has 3 aromatic carbocycles. The van der Waals surface area contributed by atoms with Crippen LogP contribution in [-0.2, 0) is 36.1 Å². The van der Waals surface area contributed by atoms with E-state index in [1.165, 1.54) is 57.2 Å². The van der Waals surface area contributed by atoms with E-state index in [1.807, 2.05) is 68.4 Å². The average Bonchev–Trinajstić information content (AvgIpc) is 3.59. The van der Waals surface area contributed by atoms with Gasteiger partial charge in [0.1, 0.15) is 5.00 Å². The smallest absolute Gasteiger partial charge is 0.281 e.